The van der Waals surface area contributed by atoms with E-state index in [0.717, 1.165) is 10.6 Å². The highest BCUT2D eigenvalue weighted by Crippen LogP contribution is 2.31. The van der Waals surface area contributed by atoms with Crippen molar-refractivity contribution in [3.63, 3.8) is 0 Å². The monoisotopic (exact) mass is 267 g/mol. The Morgan fingerprint density at radius 2 is 1.94 bits per heavy atom. The first-order valence-electron chi connectivity index (χ1n) is 5.95. The Labute approximate surface area is 113 Å². The highest BCUT2D eigenvalue weighted by atomic mass is 32.2. The van der Waals surface area contributed by atoms with Crippen LogP contribution in [0.1, 0.15) is 27.7 Å². The molecule has 0 aliphatic carbocycles. The SMILES string of the molecule is COc1ccccc1S[C@H](C)C(=O)NC(C)(C)C. The molecule has 1 atom stereocenters. The van der Waals surface area contributed by atoms with E-state index in [4.69, 9.17) is 4.74 Å². The number of carbonyl (C=O) groups is 1. The predicted molar refractivity (Wildman–Crippen MR) is 76.2 cm³/mol. The largest absolute Gasteiger partial charge is 0.496 e. The molecule has 1 N–H and O–H groups in total. The van der Waals surface area contributed by atoms with E-state index < -0.39 is 0 Å². The van der Waals surface area contributed by atoms with Gasteiger partial charge in [0.2, 0.25) is 5.91 Å². The molecule has 0 aliphatic heterocycles. The average Bonchev–Trinajstić information content (AvgIpc) is 2.27. The topological polar surface area (TPSA) is 38.3 Å². The maximum Gasteiger partial charge on any atom is 0.233 e. The van der Waals surface area contributed by atoms with Crippen molar-refractivity contribution in [1.82, 2.24) is 5.32 Å². The lowest BCUT2D eigenvalue weighted by Gasteiger charge is -2.23. The van der Waals surface area contributed by atoms with E-state index in [1.54, 1.807) is 7.11 Å². The van der Waals surface area contributed by atoms with Crippen molar-refractivity contribution >= 4 is 17.7 Å². The third-order valence-corrected chi connectivity index (χ3v) is 3.40. The van der Waals surface area contributed by atoms with Gasteiger partial charge >= 0.3 is 0 Å². The number of benzene rings is 1. The van der Waals surface area contributed by atoms with Gasteiger partial charge in [-0.3, -0.25) is 4.79 Å². The van der Waals surface area contributed by atoms with Crippen molar-refractivity contribution in [2.24, 2.45) is 0 Å². The molecule has 3 nitrogen and oxygen atoms in total. The van der Waals surface area contributed by atoms with Gasteiger partial charge in [0, 0.05) is 5.54 Å². The molecule has 1 aromatic rings. The van der Waals surface area contributed by atoms with Crippen LogP contribution in [-0.4, -0.2) is 23.8 Å². The molecule has 0 unspecified atom stereocenters. The summed E-state index contributed by atoms with van der Waals surface area (Å²) in [5.41, 5.74) is -0.202. The van der Waals surface area contributed by atoms with Crippen LogP contribution in [0.5, 0.6) is 5.75 Å². The summed E-state index contributed by atoms with van der Waals surface area (Å²) < 4.78 is 5.27. The van der Waals surface area contributed by atoms with Crippen LogP contribution in [0.15, 0.2) is 29.2 Å². The first kappa shape index (κ1) is 14.9. The summed E-state index contributed by atoms with van der Waals surface area (Å²) in [6.07, 6.45) is 0. The molecule has 0 fully saturated rings. The number of carbonyl (C=O) groups excluding carboxylic acids is 1. The lowest BCUT2D eigenvalue weighted by Crippen LogP contribution is -2.44. The first-order valence-corrected chi connectivity index (χ1v) is 6.83. The fourth-order valence-corrected chi connectivity index (χ4v) is 2.40. The molecule has 100 valence electrons. The van der Waals surface area contributed by atoms with Crippen LogP contribution in [0.4, 0.5) is 0 Å². The van der Waals surface area contributed by atoms with Gasteiger partial charge in [0.05, 0.1) is 17.3 Å². The second-order valence-electron chi connectivity index (χ2n) is 5.15. The molecule has 0 aromatic heterocycles. The van der Waals surface area contributed by atoms with Gasteiger partial charge in [-0.05, 0) is 39.8 Å². The minimum absolute atomic E-state index is 0.0402. The fraction of sp³-hybridized carbons (Fsp3) is 0.500. The molecule has 1 aromatic carbocycles. The van der Waals surface area contributed by atoms with Gasteiger partial charge in [-0.1, -0.05) is 12.1 Å². The van der Waals surface area contributed by atoms with Crippen molar-refractivity contribution in [3.05, 3.63) is 24.3 Å². The summed E-state index contributed by atoms with van der Waals surface area (Å²) >= 11 is 1.51. The van der Waals surface area contributed by atoms with E-state index in [2.05, 4.69) is 5.32 Å². The van der Waals surface area contributed by atoms with Crippen LogP contribution in [0.2, 0.25) is 0 Å². The molecule has 0 aliphatic rings. The minimum atomic E-state index is -0.202. The molecule has 1 amide bonds. The molecule has 4 heteroatoms. The van der Waals surface area contributed by atoms with Crippen molar-refractivity contribution in [2.75, 3.05) is 7.11 Å². The molecule has 0 spiro atoms. The Kier molecular flexibility index (Phi) is 5.08. The van der Waals surface area contributed by atoms with E-state index in [1.807, 2.05) is 52.0 Å². The van der Waals surface area contributed by atoms with Crippen molar-refractivity contribution < 1.29 is 9.53 Å². The Morgan fingerprint density at radius 1 is 1.33 bits per heavy atom. The number of amides is 1. The number of nitrogens with one attached hydrogen (secondary N) is 1. The van der Waals surface area contributed by atoms with Gasteiger partial charge in [-0.15, -0.1) is 11.8 Å². The zero-order chi connectivity index (χ0) is 13.8. The third kappa shape index (κ3) is 4.61. The highest BCUT2D eigenvalue weighted by Gasteiger charge is 2.20. The van der Waals surface area contributed by atoms with Crippen molar-refractivity contribution in [2.45, 2.75) is 43.4 Å². The van der Waals surface area contributed by atoms with Gasteiger partial charge < -0.3 is 10.1 Å². The fourth-order valence-electron chi connectivity index (χ4n) is 1.43. The van der Waals surface area contributed by atoms with Gasteiger partial charge in [0.15, 0.2) is 0 Å². The number of methoxy groups -OCH3 is 1. The molecule has 18 heavy (non-hydrogen) atoms. The number of para-hydroxylation sites is 1. The normalized spacial score (nSPS) is 12.9. The van der Waals surface area contributed by atoms with Crippen LogP contribution in [0.25, 0.3) is 0 Å². The Bertz CT molecular complexity index is 413. The second kappa shape index (κ2) is 6.14. The lowest BCUT2D eigenvalue weighted by atomic mass is 10.1. The van der Waals surface area contributed by atoms with Crippen LogP contribution in [0, 0.1) is 0 Å². The second-order valence-corrected chi connectivity index (χ2v) is 6.53. The molecule has 1 rings (SSSR count). The maximum absolute atomic E-state index is 12.0. The highest BCUT2D eigenvalue weighted by molar-refractivity contribution is 8.00. The van der Waals surface area contributed by atoms with E-state index in [1.165, 1.54) is 11.8 Å². The molecule has 0 saturated heterocycles. The number of hydrogen-bond donors (Lipinski definition) is 1. The zero-order valence-corrected chi connectivity index (χ0v) is 12.4. The van der Waals surface area contributed by atoms with E-state index >= 15 is 0 Å². The van der Waals surface area contributed by atoms with E-state index in [9.17, 15) is 4.79 Å². The van der Waals surface area contributed by atoms with E-state index in [0.29, 0.717) is 0 Å². The van der Waals surface area contributed by atoms with Crippen LogP contribution < -0.4 is 10.1 Å². The quantitative estimate of drug-likeness (QED) is 0.852. The molecular formula is C14H21NO2S. The lowest BCUT2D eigenvalue weighted by molar-refractivity contribution is -0.121. The number of thioether (sulfide) groups is 1. The number of rotatable bonds is 4. The molecule has 0 saturated carbocycles. The van der Waals surface area contributed by atoms with Crippen molar-refractivity contribution in [3.8, 4) is 5.75 Å². The molecule has 0 heterocycles. The van der Waals surface area contributed by atoms with Crippen LogP contribution >= 0.6 is 11.8 Å². The van der Waals surface area contributed by atoms with E-state index in [-0.39, 0.29) is 16.7 Å². The smallest absolute Gasteiger partial charge is 0.233 e. The summed E-state index contributed by atoms with van der Waals surface area (Å²) in [5, 5.41) is 2.82. The molecule has 0 bridgehead atoms. The average molecular weight is 267 g/mol. The van der Waals surface area contributed by atoms with Gasteiger partial charge in [0.1, 0.15) is 5.75 Å². The van der Waals surface area contributed by atoms with Gasteiger partial charge in [-0.25, -0.2) is 0 Å². The van der Waals surface area contributed by atoms with Crippen LogP contribution in [-0.2, 0) is 4.79 Å². The molecule has 0 radical (unpaired) electrons. The van der Waals surface area contributed by atoms with Crippen LogP contribution in [0.3, 0.4) is 0 Å². The summed E-state index contributed by atoms with van der Waals surface area (Å²) in [6.45, 7) is 7.83. The summed E-state index contributed by atoms with van der Waals surface area (Å²) in [4.78, 5) is 13.0. The maximum atomic E-state index is 12.0. The zero-order valence-electron chi connectivity index (χ0n) is 11.6. The standard InChI is InChI=1S/C14H21NO2S/c1-10(13(16)15-14(2,3)4)18-12-9-7-6-8-11(12)17-5/h6-10H,1-5H3,(H,15,16)/t10-/m1/s1. The Balaban J connectivity index is 2.69. The summed E-state index contributed by atoms with van der Waals surface area (Å²) in [7, 11) is 1.64. The predicted octanol–water partition coefficient (Wildman–Crippen LogP) is 3.09. The first-order chi connectivity index (χ1) is 8.33. The van der Waals surface area contributed by atoms with Gasteiger partial charge in [0.25, 0.3) is 0 Å². The summed E-state index contributed by atoms with van der Waals surface area (Å²) in [6, 6.07) is 7.73. The Hall–Kier alpha value is -1.16. The number of ether oxygens (including phenoxy) is 1. The summed E-state index contributed by atoms with van der Waals surface area (Å²) in [5.74, 6) is 0.844. The van der Waals surface area contributed by atoms with Gasteiger partial charge in [-0.2, -0.15) is 0 Å². The Morgan fingerprint density at radius 3 is 2.50 bits per heavy atom. The number of hydrogen-bond acceptors (Lipinski definition) is 3. The third-order valence-electron chi connectivity index (χ3n) is 2.24. The minimum Gasteiger partial charge on any atom is -0.496 e. The van der Waals surface area contributed by atoms with Crippen molar-refractivity contribution in [1.29, 1.82) is 0 Å². The molecular weight excluding hydrogens is 246 g/mol.